The molecule has 1 heterocycles. The second-order valence-electron chi connectivity index (χ2n) is 7.39. The van der Waals surface area contributed by atoms with Gasteiger partial charge >= 0.3 is 17.9 Å². The second kappa shape index (κ2) is 13.5. The van der Waals surface area contributed by atoms with Crippen LogP contribution in [0.1, 0.15) is 13.8 Å². The average molecular weight is 507 g/mol. The van der Waals surface area contributed by atoms with Crippen molar-refractivity contribution in [2.75, 3.05) is 38.9 Å². The minimum absolute atomic E-state index is 0.0163. The van der Waals surface area contributed by atoms with Gasteiger partial charge in [0.2, 0.25) is 0 Å². The van der Waals surface area contributed by atoms with Crippen LogP contribution < -0.4 is 26.4 Å². The first-order valence-corrected chi connectivity index (χ1v) is 11.0. The molecule has 196 valence electrons. The number of hydrogen-bond donors (Lipinski definition) is 3. The van der Waals surface area contributed by atoms with Crippen molar-refractivity contribution in [2.24, 2.45) is 4.99 Å². The van der Waals surface area contributed by atoms with E-state index in [0.717, 1.165) is 4.57 Å². The summed E-state index contributed by atoms with van der Waals surface area (Å²) in [7, 11) is 3.28. The van der Waals surface area contributed by atoms with Gasteiger partial charge in [-0.3, -0.25) is 14.3 Å². The Balaban J connectivity index is 2.55. The van der Waals surface area contributed by atoms with E-state index in [1.54, 1.807) is 51.4 Å². The van der Waals surface area contributed by atoms with E-state index in [1.165, 1.54) is 18.2 Å². The number of benzene rings is 1. The molecule has 0 aliphatic heterocycles. The van der Waals surface area contributed by atoms with Gasteiger partial charge in [0.25, 0.3) is 5.56 Å². The Morgan fingerprint density at radius 2 is 1.83 bits per heavy atom. The largest absolute Gasteiger partial charge is 0.491 e. The summed E-state index contributed by atoms with van der Waals surface area (Å²) >= 11 is 0. The van der Waals surface area contributed by atoms with Crippen LogP contribution in [0.15, 0.2) is 44.9 Å². The number of ether oxygens (including phenoxy) is 3. The molecule has 0 spiro atoms. The van der Waals surface area contributed by atoms with Gasteiger partial charge in [0.05, 0.1) is 26.1 Å². The zero-order chi connectivity index (χ0) is 26.7. The topological polar surface area (TPSA) is 168 Å². The summed E-state index contributed by atoms with van der Waals surface area (Å²) in [6.07, 6.45) is -2.13. The van der Waals surface area contributed by atoms with E-state index in [0.29, 0.717) is 10.8 Å². The van der Waals surface area contributed by atoms with Gasteiger partial charge in [-0.1, -0.05) is 18.2 Å². The lowest BCUT2D eigenvalue weighted by molar-refractivity contribution is 0.0916. The monoisotopic (exact) mass is 506 g/mol. The number of nitrogens with zero attached hydrogens (tertiary/aromatic N) is 4. The van der Waals surface area contributed by atoms with Gasteiger partial charge in [0, 0.05) is 14.1 Å². The van der Waals surface area contributed by atoms with Gasteiger partial charge in [-0.05, 0) is 26.0 Å². The quantitative estimate of drug-likeness (QED) is 0.240. The summed E-state index contributed by atoms with van der Waals surface area (Å²) < 4.78 is 16.2. The van der Waals surface area contributed by atoms with Gasteiger partial charge in [-0.25, -0.2) is 24.8 Å². The highest BCUT2D eigenvalue weighted by Gasteiger charge is 2.29. The van der Waals surface area contributed by atoms with Crippen LogP contribution in [0.2, 0.25) is 0 Å². The van der Waals surface area contributed by atoms with Crippen LogP contribution in [0, 0.1) is 0 Å². The fraction of sp³-hybridized carbons (Fsp3) is 0.409. The van der Waals surface area contributed by atoms with E-state index < -0.39 is 35.2 Å². The number of rotatable bonds is 10. The number of aliphatic imine (C=N–C) groups is 1. The van der Waals surface area contributed by atoms with E-state index >= 15 is 0 Å². The first-order valence-electron chi connectivity index (χ1n) is 11.0. The first kappa shape index (κ1) is 27.9. The van der Waals surface area contributed by atoms with Gasteiger partial charge in [0.1, 0.15) is 18.5 Å². The maximum absolute atomic E-state index is 12.9. The van der Waals surface area contributed by atoms with Crippen molar-refractivity contribution < 1.29 is 28.9 Å². The number of hydrogen-bond acceptors (Lipinski definition) is 9. The number of aromatic amines is 1. The number of carbonyl (C=O) groups excluding carboxylic acids is 2. The number of aromatic nitrogens is 2. The summed E-state index contributed by atoms with van der Waals surface area (Å²) in [6.45, 7) is 2.42. The fourth-order valence-electron chi connectivity index (χ4n) is 2.83. The molecular formula is C22H30N6O8. The normalized spacial score (nSPS) is 11.6. The lowest BCUT2D eigenvalue weighted by atomic mass is 10.3. The Morgan fingerprint density at radius 1 is 1.17 bits per heavy atom. The summed E-state index contributed by atoms with van der Waals surface area (Å²) in [5, 5.41) is 11.1. The molecule has 1 aromatic heterocycles. The van der Waals surface area contributed by atoms with E-state index in [4.69, 9.17) is 14.2 Å². The summed E-state index contributed by atoms with van der Waals surface area (Å²) in [5.41, 5.74) is -0.359. The van der Waals surface area contributed by atoms with Gasteiger partial charge in [0.15, 0.2) is 11.5 Å². The van der Waals surface area contributed by atoms with Crippen LogP contribution in [-0.2, 0) is 16.0 Å². The van der Waals surface area contributed by atoms with Crippen molar-refractivity contribution in [3.63, 3.8) is 0 Å². The third-order valence-electron chi connectivity index (χ3n) is 4.29. The number of para-hydroxylation sites is 1. The van der Waals surface area contributed by atoms with Crippen LogP contribution in [0.25, 0.3) is 0 Å². The minimum Gasteiger partial charge on any atom is -0.491 e. The van der Waals surface area contributed by atoms with Crippen molar-refractivity contribution in [1.29, 1.82) is 0 Å². The molecule has 1 atom stereocenters. The van der Waals surface area contributed by atoms with Crippen molar-refractivity contribution in [3.05, 3.63) is 51.2 Å². The molecule has 0 saturated heterocycles. The zero-order valence-corrected chi connectivity index (χ0v) is 20.5. The van der Waals surface area contributed by atoms with Crippen molar-refractivity contribution in [3.8, 4) is 5.75 Å². The third-order valence-corrected chi connectivity index (χ3v) is 4.29. The molecule has 36 heavy (non-hydrogen) atoms. The Kier molecular flexibility index (Phi) is 10.5. The molecule has 1 aromatic carbocycles. The van der Waals surface area contributed by atoms with E-state index in [-0.39, 0.29) is 32.2 Å². The average Bonchev–Trinajstić information content (AvgIpc) is 2.83. The minimum atomic E-state index is -1.22. The molecule has 14 nitrogen and oxygen atoms in total. The number of amides is 2. The molecule has 3 N–H and O–H groups in total. The van der Waals surface area contributed by atoms with Crippen molar-refractivity contribution in [1.82, 2.24) is 19.9 Å². The third kappa shape index (κ3) is 7.87. The Morgan fingerprint density at radius 3 is 2.44 bits per heavy atom. The molecule has 14 heteroatoms. The second-order valence-corrected chi connectivity index (χ2v) is 7.39. The molecule has 0 bridgehead atoms. The van der Waals surface area contributed by atoms with Crippen LogP contribution in [-0.4, -0.2) is 78.1 Å². The number of H-pyrrole nitrogens is 1. The highest BCUT2D eigenvalue weighted by Crippen LogP contribution is 2.23. The highest BCUT2D eigenvalue weighted by atomic mass is 16.6. The molecule has 1 unspecified atom stereocenters. The standard InChI is InChI=1S/C22H30N6O8/c1-5-34-21(32)25-28(22(33)35-6-2)17-18(23-14-26(3)4)27(20(31)24-19(17)30)12-15(29)13-36-16-10-8-7-9-11-16/h7-11,14-15,29H,5-6,12-13H2,1-4H3,(H,25,32)(H,24,30,31)/b23-14+. The predicted octanol–water partition coefficient (Wildman–Crippen LogP) is 0.822. The van der Waals surface area contributed by atoms with E-state index in [2.05, 4.69) is 15.4 Å². The number of nitrogens with one attached hydrogen (secondary N) is 2. The van der Waals surface area contributed by atoms with Gasteiger partial charge in [-0.2, -0.15) is 5.01 Å². The molecule has 0 saturated carbocycles. The molecule has 2 amide bonds. The SMILES string of the molecule is CCOC(=O)NN(C(=O)OCC)c1c(/N=C/N(C)C)n(CC(O)COc2ccccc2)c(=O)[nH]c1=O. The molecule has 2 aromatic rings. The van der Waals surface area contributed by atoms with Crippen molar-refractivity contribution >= 4 is 30.0 Å². The number of carbonyl (C=O) groups is 2. The summed E-state index contributed by atoms with van der Waals surface area (Å²) in [4.78, 5) is 58.1. The van der Waals surface area contributed by atoms with E-state index in [9.17, 15) is 24.3 Å². The molecule has 0 radical (unpaired) electrons. The summed E-state index contributed by atoms with van der Waals surface area (Å²) in [6, 6.07) is 8.72. The maximum Gasteiger partial charge on any atom is 0.433 e. The molecular weight excluding hydrogens is 476 g/mol. The fourth-order valence-corrected chi connectivity index (χ4v) is 2.83. The first-order chi connectivity index (χ1) is 17.2. The zero-order valence-electron chi connectivity index (χ0n) is 20.5. The van der Waals surface area contributed by atoms with E-state index in [1.807, 2.05) is 0 Å². The number of hydrazine groups is 1. The Bertz CT molecular complexity index is 1160. The highest BCUT2D eigenvalue weighted by molar-refractivity contribution is 5.93. The van der Waals surface area contributed by atoms with Gasteiger partial charge < -0.3 is 24.2 Å². The molecule has 0 aliphatic rings. The lowest BCUT2D eigenvalue weighted by Gasteiger charge is -2.24. The molecule has 2 rings (SSSR count). The Hall–Kier alpha value is -4.33. The van der Waals surface area contributed by atoms with Crippen LogP contribution in [0.5, 0.6) is 5.75 Å². The Labute approximate surface area is 206 Å². The van der Waals surface area contributed by atoms with Crippen LogP contribution in [0.4, 0.5) is 21.1 Å². The maximum atomic E-state index is 12.9. The van der Waals surface area contributed by atoms with Gasteiger partial charge in [-0.15, -0.1) is 0 Å². The van der Waals surface area contributed by atoms with Crippen LogP contribution in [0.3, 0.4) is 0 Å². The van der Waals surface area contributed by atoms with Crippen LogP contribution >= 0.6 is 0 Å². The molecule has 0 aliphatic carbocycles. The predicted molar refractivity (Wildman–Crippen MR) is 131 cm³/mol. The summed E-state index contributed by atoms with van der Waals surface area (Å²) in [5.74, 6) is 0.171. The number of aliphatic hydroxyl groups is 1. The smallest absolute Gasteiger partial charge is 0.433 e. The van der Waals surface area contributed by atoms with Crippen molar-refractivity contribution in [2.45, 2.75) is 26.5 Å². The molecule has 0 fully saturated rings. The number of aliphatic hydroxyl groups excluding tert-OH is 1. The lowest BCUT2D eigenvalue weighted by Crippen LogP contribution is -2.50. The number of anilines is 1.